The first-order chi connectivity index (χ1) is 9.93. The molecule has 1 atom stereocenters. The van der Waals surface area contributed by atoms with Gasteiger partial charge in [-0.15, -0.1) is 0 Å². The molecule has 0 unspecified atom stereocenters. The van der Waals surface area contributed by atoms with Crippen molar-refractivity contribution in [3.63, 3.8) is 0 Å². The zero-order chi connectivity index (χ0) is 15.5. The van der Waals surface area contributed by atoms with Crippen LogP contribution in [0.2, 0.25) is 5.02 Å². The topological polar surface area (TPSA) is 54.5 Å². The molecular formula is C15H20ClNO3S. The van der Waals surface area contributed by atoms with Crippen molar-refractivity contribution in [3.05, 3.63) is 34.9 Å². The molecule has 1 amide bonds. The molecular weight excluding hydrogens is 310 g/mol. The van der Waals surface area contributed by atoms with Crippen molar-refractivity contribution in [1.29, 1.82) is 0 Å². The maximum Gasteiger partial charge on any atom is 0.254 e. The first-order valence-corrected chi connectivity index (χ1v) is 9.40. The molecule has 21 heavy (non-hydrogen) atoms. The highest BCUT2D eigenvalue weighted by Gasteiger charge is 2.34. The Labute approximate surface area is 131 Å². The van der Waals surface area contributed by atoms with Crippen LogP contribution in [0, 0.1) is 0 Å². The van der Waals surface area contributed by atoms with E-state index in [0.717, 1.165) is 12.8 Å². The maximum atomic E-state index is 12.7. The second kappa shape index (κ2) is 6.79. The maximum absolute atomic E-state index is 12.7. The minimum absolute atomic E-state index is 0.0724. The van der Waals surface area contributed by atoms with Crippen LogP contribution >= 0.6 is 11.6 Å². The van der Waals surface area contributed by atoms with Crippen molar-refractivity contribution < 1.29 is 13.2 Å². The Kier molecular flexibility index (Phi) is 5.27. The van der Waals surface area contributed by atoms with E-state index in [4.69, 9.17) is 11.6 Å². The lowest BCUT2D eigenvalue weighted by molar-refractivity contribution is 0.0694. The molecule has 1 fully saturated rings. The lowest BCUT2D eigenvalue weighted by atomic mass is 10.1. The monoisotopic (exact) mass is 329 g/mol. The summed E-state index contributed by atoms with van der Waals surface area (Å²) in [5, 5.41) is 0.510. The van der Waals surface area contributed by atoms with Crippen LogP contribution in [0.3, 0.4) is 0 Å². The molecule has 2 rings (SSSR count). The molecule has 1 saturated heterocycles. The zero-order valence-corrected chi connectivity index (χ0v) is 13.7. The number of carbonyl (C=O) groups is 1. The molecule has 0 radical (unpaired) electrons. The molecule has 1 heterocycles. The van der Waals surface area contributed by atoms with Crippen LogP contribution in [0.15, 0.2) is 24.3 Å². The summed E-state index contributed by atoms with van der Waals surface area (Å²) in [6, 6.07) is 6.59. The number of nitrogens with zero attached hydrogens (tertiary/aromatic N) is 1. The molecule has 0 aromatic heterocycles. The molecule has 6 heteroatoms. The van der Waals surface area contributed by atoms with E-state index in [-0.39, 0.29) is 23.5 Å². The Balaban J connectivity index is 2.21. The van der Waals surface area contributed by atoms with Gasteiger partial charge >= 0.3 is 0 Å². The SMILES string of the molecule is CCCCN(C(=O)c1cccc(Cl)c1)[C@@H]1CCS(=O)(=O)C1. The molecule has 1 aliphatic heterocycles. The van der Waals surface area contributed by atoms with Gasteiger partial charge in [-0.1, -0.05) is 31.0 Å². The molecule has 1 aromatic rings. The van der Waals surface area contributed by atoms with Gasteiger partial charge in [0.2, 0.25) is 0 Å². The van der Waals surface area contributed by atoms with Gasteiger partial charge < -0.3 is 4.90 Å². The number of sulfone groups is 1. The first kappa shape index (κ1) is 16.3. The van der Waals surface area contributed by atoms with Gasteiger partial charge in [-0.05, 0) is 31.0 Å². The lowest BCUT2D eigenvalue weighted by Gasteiger charge is -2.28. The Bertz CT molecular complexity index is 615. The van der Waals surface area contributed by atoms with E-state index in [1.165, 1.54) is 0 Å². The number of hydrogen-bond donors (Lipinski definition) is 0. The lowest BCUT2D eigenvalue weighted by Crippen LogP contribution is -2.41. The first-order valence-electron chi connectivity index (χ1n) is 7.20. The van der Waals surface area contributed by atoms with E-state index < -0.39 is 9.84 Å². The van der Waals surface area contributed by atoms with E-state index in [9.17, 15) is 13.2 Å². The molecule has 1 aromatic carbocycles. The number of benzene rings is 1. The van der Waals surface area contributed by atoms with E-state index >= 15 is 0 Å². The summed E-state index contributed by atoms with van der Waals surface area (Å²) in [5.74, 6) is 0.111. The number of hydrogen-bond acceptors (Lipinski definition) is 3. The van der Waals surface area contributed by atoms with Crippen LogP contribution in [0.5, 0.6) is 0 Å². The third-order valence-electron chi connectivity index (χ3n) is 3.73. The van der Waals surface area contributed by atoms with Crippen LogP contribution in [-0.4, -0.2) is 43.3 Å². The Morgan fingerprint density at radius 1 is 1.43 bits per heavy atom. The van der Waals surface area contributed by atoms with Crippen molar-refractivity contribution >= 4 is 27.3 Å². The Morgan fingerprint density at radius 2 is 2.19 bits per heavy atom. The fourth-order valence-electron chi connectivity index (χ4n) is 2.59. The smallest absolute Gasteiger partial charge is 0.254 e. The summed E-state index contributed by atoms with van der Waals surface area (Å²) < 4.78 is 23.3. The third-order valence-corrected chi connectivity index (χ3v) is 5.72. The Morgan fingerprint density at radius 3 is 2.76 bits per heavy atom. The van der Waals surface area contributed by atoms with Gasteiger partial charge in [0.15, 0.2) is 9.84 Å². The summed E-state index contributed by atoms with van der Waals surface area (Å²) in [6.07, 6.45) is 2.35. The highest BCUT2D eigenvalue weighted by atomic mass is 35.5. The van der Waals surface area contributed by atoms with Gasteiger partial charge in [-0.3, -0.25) is 4.79 Å². The minimum Gasteiger partial charge on any atom is -0.335 e. The summed E-state index contributed by atoms with van der Waals surface area (Å²) in [6.45, 7) is 2.63. The number of rotatable bonds is 5. The number of unbranched alkanes of at least 4 members (excludes halogenated alkanes) is 1. The van der Waals surface area contributed by atoms with Crippen LogP contribution in [0.4, 0.5) is 0 Å². The van der Waals surface area contributed by atoms with Crippen molar-refractivity contribution in [1.82, 2.24) is 4.90 Å². The van der Waals surface area contributed by atoms with Gasteiger partial charge in [0.25, 0.3) is 5.91 Å². The fourth-order valence-corrected chi connectivity index (χ4v) is 4.51. The van der Waals surface area contributed by atoms with E-state index in [0.29, 0.717) is 23.6 Å². The van der Waals surface area contributed by atoms with Crippen LogP contribution < -0.4 is 0 Å². The predicted octanol–water partition coefficient (Wildman–Crippen LogP) is 2.77. The van der Waals surface area contributed by atoms with Gasteiger partial charge in [0.05, 0.1) is 11.5 Å². The quantitative estimate of drug-likeness (QED) is 0.834. The average molecular weight is 330 g/mol. The summed E-state index contributed by atoms with van der Waals surface area (Å²) in [7, 11) is -3.01. The highest BCUT2D eigenvalue weighted by Crippen LogP contribution is 2.21. The van der Waals surface area contributed by atoms with E-state index in [1.807, 2.05) is 6.92 Å². The van der Waals surface area contributed by atoms with Gasteiger partial charge in [-0.25, -0.2) is 8.42 Å². The summed E-state index contributed by atoms with van der Waals surface area (Å²) in [5.41, 5.74) is 0.517. The van der Waals surface area contributed by atoms with E-state index in [1.54, 1.807) is 29.2 Å². The molecule has 0 aliphatic carbocycles. The molecule has 0 saturated carbocycles. The fraction of sp³-hybridized carbons (Fsp3) is 0.533. The van der Waals surface area contributed by atoms with Crippen LogP contribution in [0.1, 0.15) is 36.5 Å². The largest absolute Gasteiger partial charge is 0.335 e. The second-order valence-corrected chi connectivity index (χ2v) is 8.08. The molecule has 0 bridgehead atoms. The van der Waals surface area contributed by atoms with Crippen LogP contribution in [-0.2, 0) is 9.84 Å². The predicted molar refractivity (Wildman–Crippen MR) is 84.5 cm³/mol. The third kappa shape index (κ3) is 4.20. The second-order valence-electron chi connectivity index (χ2n) is 5.42. The van der Waals surface area contributed by atoms with E-state index in [2.05, 4.69) is 0 Å². The van der Waals surface area contributed by atoms with Crippen molar-refractivity contribution in [2.75, 3.05) is 18.1 Å². The molecule has 4 nitrogen and oxygen atoms in total. The van der Waals surface area contributed by atoms with Gasteiger partial charge in [-0.2, -0.15) is 0 Å². The van der Waals surface area contributed by atoms with Gasteiger partial charge in [0, 0.05) is 23.2 Å². The summed E-state index contributed by atoms with van der Waals surface area (Å²) in [4.78, 5) is 14.4. The molecule has 0 spiro atoms. The van der Waals surface area contributed by atoms with Gasteiger partial charge in [0.1, 0.15) is 0 Å². The van der Waals surface area contributed by atoms with Crippen molar-refractivity contribution in [2.24, 2.45) is 0 Å². The number of carbonyl (C=O) groups excluding carboxylic acids is 1. The summed E-state index contributed by atoms with van der Waals surface area (Å²) >= 11 is 5.94. The van der Waals surface area contributed by atoms with Crippen molar-refractivity contribution in [2.45, 2.75) is 32.2 Å². The standard InChI is InChI=1S/C15H20ClNO3S/c1-2-3-8-17(14-7-9-21(19,20)11-14)15(18)12-5-4-6-13(16)10-12/h4-6,10,14H,2-3,7-9,11H2,1H3/t14-/m1/s1. The highest BCUT2D eigenvalue weighted by molar-refractivity contribution is 7.91. The number of amides is 1. The Hall–Kier alpha value is -1.07. The molecule has 0 N–H and O–H groups in total. The normalized spacial score (nSPS) is 20.4. The van der Waals surface area contributed by atoms with Crippen LogP contribution in [0.25, 0.3) is 0 Å². The zero-order valence-electron chi connectivity index (χ0n) is 12.1. The number of halogens is 1. The minimum atomic E-state index is -3.01. The average Bonchev–Trinajstić information content (AvgIpc) is 2.79. The molecule has 116 valence electrons. The molecule has 1 aliphatic rings. The van der Waals surface area contributed by atoms with Crippen molar-refractivity contribution in [3.8, 4) is 0 Å².